The Morgan fingerprint density at radius 1 is 1.21 bits per heavy atom. The minimum absolute atomic E-state index is 0.767. The molecule has 2 N–H and O–H groups in total. The number of nitrogen functional groups attached to an aromatic ring is 1. The van der Waals surface area contributed by atoms with Gasteiger partial charge in [-0.05, 0) is 29.5 Å². The largest absolute Gasteiger partial charge is 0.398 e. The third-order valence-electron chi connectivity index (χ3n) is 3.30. The molecule has 1 aromatic carbocycles. The summed E-state index contributed by atoms with van der Waals surface area (Å²) in [4.78, 5) is 0. The highest BCUT2D eigenvalue weighted by atomic mass is 28.3. The highest BCUT2D eigenvalue weighted by Gasteiger charge is 2.47. The monoisotopic (exact) mass is 205 g/mol. The quantitative estimate of drug-likeness (QED) is 0.580. The molecule has 0 amide bonds. The van der Waals surface area contributed by atoms with E-state index in [4.69, 9.17) is 5.73 Å². The van der Waals surface area contributed by atoms with Gasteiger partial charge in [-0.15, -0.1) is 0 Å². The molecule has 1 aliphatic rings. The van der Waals surface area contributed by atoms with Gasteiger partial charge < -0.3 is 5.73 Å². The van der Waals surface area contributed by atoms with Crippen LogP contribution in [0.15, 0.2) is 24.3 Å². The highest BCUT2D eigenvalue weighted by molar-refractivity contribution is 6.78. The van der Waals surface area contributed by atoms with Gasteiger partial charge in [0.1, 0.15) is 0 Å². The van der Waals surface area contributed by atoms with E-state index in [1.807, 2.05) is 12.1 Å². The molecule has 1 aromatic rings. The maximum Gasteiger partial charge on any atom is 0.0480 e. The molecule has 1 saturated carbocycles. The molecule has 0 bridgehead atoms. The first-order valence-corrected chi connectivity index (χ1v) is 8.92. The first-order valence-electron chi connectivity index (χ1n) is 5.34. The Bertz CT molecular complexity index is 340. The molecule has 76 valence electrons. The number of hydrogen-bond acceptors (Lipinski definition) is 1. The number of anilines is 1. The number of nitrogens with two attached hydrogens (primary N) is 1. The third kappa shape index (κ3) is 1.71. The molecule has 0 aliphatic heterocycles. The first-order chi connectivity index (χ1) is 6.50. The molecular weight excluding hydrogens is 186 g/mol. The van der Waals surface area contributed by atoms with Crippen molar-refractivity contribution in [3.8, 4) is 0 Å². The summed E-state index contributed by atoms with van der Waals surface area (Å²) < 4.78 is 0. The van der Waals surface area contributed by atoms with E-state index in [0.29, 0.717) is 0 Å². The van der Waals surface area contributed by atoms with Crippen LogP contribution in [0.4, 0.5) is 5.69 Å². The fraction of sp³-hybridized carbons (Fsp3) is 0.500. The van der Waals surface area contributed by atoms with E-state index < -0.39 is 8.07 Å². The summed E-state index contributed by atoms with van der Waals surface area (Å²) in [5, 5.41) is 0. The average molecular weight is 205 g/mol. The molecule has 0 heterocycles. The predicted molar refractivity (Wildman–Crippen MR) is 65.3 cm³/mol. The Hall–Kier alpha value is -0.763. The molecule has 0 radical (unpaired) electrons. The maximum absolute atomic E-state index is 5.98. The van der Waals surface area contributed by atoms with Gasteiger partial charge in [0, 0.05) is 13.8 Å². The van der Waals surface area contributed by atoms with Crippen LogP contribution in [0.1, 0.15) is 17.9 Å². The van der Waals surface area contributed by atoms with Crippen molar-refractivity contribution >= 4 is 13.8 Å². The smallest absolute Gasteiger partial charge is 0.0480 e. The Morgan fingerprint density at radius 2 is 1.86 bits per heavy atom. The number of rotatable bonds is 2. The van der Waals surface area contributed by atoms with Crippen LogP contribution in [-0.2, 0) is 0 Å². The van der Waals surface area contributed by atoms with Crippen LogP contribution < -0.4 is 5.73 Å². The van der Waals surface area contributed by atoms with Gasteiger partial charge in [0.2, 0.25) is 0 Å². The van der Waals surface area contributed by atoms with E-state index in [-0.39, 0.29) is 0 Å². The second-order valence-electron chi connectivity index (χ2n) is 5.44. The van der Waals surface area contributed by atoms with E-state index in [1.54, 1.807) is 0 Å². The van der Waals surface area contributed by atoms with Crippen molar-refractivity contribution in [1.29, 1.82) is 0 Å². The van der Waals surface area contributed by atoms with Crippen molar-refractivity contribution in [1.82, 2.24) is 0 Å². The normalized spacial score (nSPS) is 26.2. The van der Waals surface area contributed by atoms with Crippen LogP contribution >= 0.6 is 0 Å². The zero-order chi connectivity index (χ0) is 10.3. The lowest BCUT2D eigenvalue weighted by Crippen LogP contribution is -2.20. The van der Waals surface area contributed by atoms with Gasteiger partial charge in [-0.25, -0.2) is 0 Å². The lowest BCUT2D eigenvalue weighted by molar-refractivity contribution is 1.11. The minimum Gasteiger partial charge on any atom is -0.398 e. The SMILES string of the molecule is C[Si](C)(C)[C@@H]1C[C@H]1c1ccccc1N. The van der Waals surface area contributed by atoms with Gasteiger partial charge in [-0.2, -0.15) is 0 Å². The van der Waals surface area contributed by atoms with Crippen LogP contribution in [0.3, 0.4) is 0 Å². The van der Waals surface area contributed by atoms with Crippen molar-refractivity contribution in [3.05, 3.63) is 29.8 Å². The van der Waals surface area contributed by atoms with Crippen LogP contribution in [0.2, 0.25) is 25.2 Å². The van der Waals surface area contributed by atoms with Gasteiger partial charge in [-0.3, -0.25) is 0 Å². The topological polar surface area (TPSA) is 26.0 Å². The van der Waals surface area contributed by atoms with E-state index in [1.165, 1.54) is 12.0 Å². The second-order valence-corrected chi connectivity index (χ2v) is 10.9. The molecule has 1 fully saturated rings. The highest BCUT2D eigenvalue weighted by Crippen LogP contribution is 2.59. The summed E-state index contributed by atoms with van der Waals surface area (Å²) in [6.07, 6.45) is 1.37. The van der Waals surface area contributed by atoms with Gasteiger partial charge in [-0.1, -0.05) is 37.8 Å². The number of para-hydroxylation sites is 1. The molecule has 2 atom stereocenters. The lowest BCUT2D eigenvalue weighted by Gasteiger charge is -2.16. The standard InChI is InChI=1S/C12H19NSi/c1-14(2,3)12-8-10(12)9-6-4-5-7-11(9)13/h4-7,10,12H,8,13H2,1-3H3/t10-,12+/m0/s1. The fourth-order valence-corrected chi connectivity index (χ4v) is 4.69. The molecule has 0 unspecified atom stereocenters. The van der Waals surface area contributed by atoms with E-state index in [2.05, 4.69) is 31.8 Å². The summed E-state index contributed by atoms with van der Waals surface area (Å²) in [7, 11) is -0.948. The molecule has 0 saturated heterocycles. The molecule has 2 rings (SSSR count). The zero-order valence-electron chi connectivity index (χ0n) is 9.25. The Morgan fingerprint density at radius 3 is 2.36 bits per heavy atom. The fourth-order valence-electron chi connectivity index (χ4n) is 2.34. The third-order valence-corrected chi connectivity index (χ3v) is 6.16. The summed E-state index contributed by atoms with van der Waals surface area (Å²) in [5.41, 5.74) is 9.31. The van der Waals surface area contributed by atoms with Crippen molar-refractivity contribution < 1.29 is 0 Å². The van der Waals surface area contributed by atoms with Crippen LogP contribution in [0, 0.1) is 0 Å². The molecular formula is C12H19NSi. The molecule has 0 aromatic heterocycles. The van der Waals surface area contributed by atoms with E-state index in [0.717, 1.165) is 17.1 Å². The zero-order valence-corrected chi connectivity index (χ0v) is 10.2. The van der Waals surface area contributed by atoms with Gasteiger partial charge in [0.25, 0.3) is 0 Å². The molecule has 1 nitrogen and oxygen atoms in total. The maximum atomic E-state index is 5.98. The summed E-state index contributed by atoms with van der Waals surface area (Å²) in [5.74, 6) is 0.767. The van der Waals surface area contributed by atoms with E-state index >= 15 is 0 Å². The number of hydrogen-bond donors (Lipinski definition) is 1. The van der Waals surface area contributed by atoms with Crippen molar-refractivity contribution in [2.75, 3.05) is 5.73 Å². The summed E-state index contributed by atoms with van der Waals surface area (Å²) >= 11 is 0. The van der Waals surface area contributed by atoms with E-state index in [9.17, 15) is 0 Å². The molecule has 14 heavy (non-hydrogen) atoms. The van der Waals surface area contributed by atoms with Gasteiger partial charge in [0.05, 0.1) is 0 Å². The van der Waals surface area contributed by atoms with Crippen molar-refractivity contribution in [2.45, 2.75) is 37.5 Å². The first kappa shape index (κ1) is 9.78. The van der Waals surface area contributed by atoms with Crippen molar-refractivity contribution in [2.24, 2.45) is 0 Å². The molecule has 0 spiro atoms. The van der Waals surface area contributed by atoms with Gasteiger partial charge >= 0.3 is 0 Å². The minimum atomic E-state index is -0.948. The lowest BCUT2D eigenvalue weighted by atomic mass is 10.1. The Balaban J connectivity index is 2.18. The number of benzene rings is 1. The second kappa shape index (κ2) is 3.12. The predicted octanol–water partition coefficient (Wildman–Crippen LogP) is 3.46. The average Bonchev–Trinajstić information content (AvgIpc) is 2.83. The van der Waals surface area contributed by atoms with Crippen molar-refractivity contribution in [3.63, 3.8) is 0 Å². The molecule has 1 aliphatic carbocycles. The summed E-state index contributed by atoms with van der Waals surface area (Å²) in [6.45, 7) is 7.37. The van der Waals surface area contributed by atoms with Crippen LogP contribution in [-0.4, -0.2) is 8.07 Å². The molecule has 2 heteroatoms. The summed E-state index contributed by atoms with van der Waals surface area (Å²) in [6, 6.07) is 8.34. The Kier molecular flexibility index (Phi) is 2.18. The van der Waals surface area contributed by atoms with Crippen LogP contribution in [0.5, 0.6) is 0 Å². The van der Waals surface area contributed by atoms with Gasteiger partial charge in [0.15, 0.2) is 0 Å². The van der Waals surface area contributed by atoms with Crippen LogP contribution in [0.25, 0.3) is 0 Å². The Labute approximate surface area is 87.3 Å².